The van der Waals surface area contributed by atoms with Crippen LogP contribution in [0.4, 0.5) is 0 Å². The van der Waals surface area contributed by atoms with Gasteiger partial charge in [-0.2, -0.15) is 0 Å². The summed E-state index contributed by atoms with van der Waals surface area (Å²) in [5.74, 6) is 0.744. The Labute approximate surface area is 142 Å². The lowest BCUT2D eigenvalue weighted by atomic mass is 10.3. The van der Waals surface area contributed by atoms with Gasteiger partial charge in [0.15, 0.2) is 11.0 Å². The second-order valence-electron chi connectivity index (χ2n) is 4.84. The van der Waals surface area contributed by atoms with Crippen molar-refractivity contribution in [3.8, 4) is 11.5 Å². The largest absolute Gasteiger partial charge is 0.297 e. The maximum atomic E-state index is 4.36. The highest BCUT2D eigenvalue weighted by atomic mass is 32.2. The van der Waals surface area contributed by atoms with Crippen LogP contribution in [0.3, 0.4) is 0 Å². The summed E-state index contributed by atoms with van der Waals surface area (Å²) >= 11 is 3.22. The van der Waals surface area contributed by atoms with E-state index in [0.717, 1.165) is 26.7 Å². The van der Waals surface area contributed by atoms with E-state index in [1.165, 1.54) is 0 Å². The van der Waals surface area contributed by atoms with Crippen molar-refractivity contribution in [2.24, 2.45) is 0 Å². The molecule has 118 valence electrons. The van der Waals surface area contributed by atoms with E-state index in [1.807, 2.05) is 35.8 Å². The van der Waals surface area contributed by atoms with Gasteiger partial charge in [0, 0.05) is 12.7 Å². The Morgan fingerprint density at radius 1 is 1.30 bits per heavy atom. The molecule has 0 aromatic carbocycles. The van der Waals surface area contributed by atoms with Gasteiger partial charge in [-0.15, -0.1) is 38.3 Å². The van der Waals surface area contributed by atoms with Crippen LogP contribution < -0.4 is 0 Å². The number of hydrogen-bond acceptors (Lipinski definition) is 7. The fourth-order valence-corrected chi connectivity index (χ4v) is 3.80. The minimum absolute atomic E-state index is 0.158. The molecule has 3 rings (SSSR count). The summed E-state index contributed by atoms with van der Waals surface area (Å²) in [6.45, 7) is 8.51. The lowest BCUT2D eigenvalue weighted by molar-refractivity contribution is 0.727. The molecule has 0 N–H and O–H groups in total. The summed E-state index contributed by atoms with van der Waals surface area (Å²) in [5, 5.41) is 19.9. The van der Waals surface area contributed by atoms with E-state index in [1.54, 1.807) is 29.3 Å². The lowest BCUT2D eigenvalue weighted by Crippen LogP contribution is -2.02. The first-order valence-corrected chi connectivity index (χ1v) is 8.81. The molecular formula is C15H16N6S2. The third kappa shape index (κ3) is 3.48. The van der Waals surface area contributed by atoms with Crippen LogP contribution in [-0.4, -0.2) is 29.9 Å². The fourth-order valence-electron chi connectivity index (χ4n) is 2.04. The van der Waals surface area contributed by atoms with Gasteiger partial charge in [-0.25, -0.2) is 0 Å². The molecule has 0 saturated carbocycles. The summed E-state index contributed by atoms with van der Waals surface area (Å²) in [6.07, 6.45) is 3.58. The summed E-state index contributed by atoms with van der Waals surface area (Å²) < 4.78 is 2.02. The van der Waals surface area contributed by atoms with Gasteiger partial charge in [0.25, 0.3) is 0 Å². The van der Waals surface area contributed by atoms with Gasteiger partial charge in [-0.05, 0) is 26.0 Å². The molecule has 0 spiro atoms. The Kier molecular flexibility index (Phi) is 4.82. The van der Waals surface area contributed by atoms with Crippen molar-refractivity contribution in [2.45, 2.75) is 30.8 Å². The van der Waals surface area contributed by atoms with Crippen molar-refractivity contribution in [1.82, 2.24) is 29.9 Å². The van der Waals surface area contributed by atoms with Gasteiger partial charge < -0.3 is 0 Å². The highest BCUT2D eigenvalue weighted by molar-refractivity contribution is 7.99. The van der Waals surface area contributed by atoms with Crippen LogP contribution in [0.2, 0.25) is 0 Å². The standard InChI is InChI=1S/C15H16N6S2/c1-4-9-21-13(12-7-5-6-8-16-12)18-20-15(21)22-10(2)14-19-17-11(3)23-14/h4-8,10H,1,9H2,2-3H3/t10-/m1/s1. The fraction of sp³-hybridized carbons (Fsp3) is 0.267. The van der Waals surface area contributed by atoms with Gasteiger partial charge in [0.1, 0.15) is 15.7 Å². The highest BCUT2D eigenvalue weighted by Crippen LogP contribution is 2.36. The molecule has 6 nitrogen and oxygen atoms in total. The van der Waals surface area contributed by atoms with E-state index in [2.05, 4.69) is 38.9 Å². The maximum absolute atomic E-state index is 4.36. The topological polar surface area (TPSA) is 69.4 Å². The molecule has 0 saturated heterocycles. The molecule has 0 amide bonds. The van der Waals surface area contributed by atoms with E-state index in [4.69, 9.17) is 0 Å². The Hall–Kier alpha value is -2.06. The average molecular weight is 344 g/mol. The van der Waals surface area contributed by atoms with Crippen LogP contribution in [-0.2, 0) is 6.54 Å². The number of pyridine rings is 1. The molecule has 23 heavy (non-hydrogen) atoms. The van der Waals surface area contributed by atoms with Gasteiger partial charge in [0.05, 0.1) is 5.25 Å². The summed E-state index contributed by atoms with van der Waals surface area (Å²) in [4.78, 5) is 4.36. The van der Waals surface area contributed by atoms with E-state index in [-0.39, 0.29) is 5.25 Å². The van der Waals surface area contributed by atoms with Crippen LogP contribution >= 0.6 is 23.1 Å². The van der Waals surface area contributed by atoms with Crippen molar-refractivity contribution in [3.63, 3.8) is 0 Å². The molecule has 3 heterocycles. The maximum Gasteiger partial charge on any atom is 0.192 e. The minimum Gasteiger partial charge on any atom is -0.297 e. The third-order valence-corrected chi connectivity index (χ3v) is 5.35. The summed E-state index contributed by atoms with van der Waals surface area (Å²) in [5.41, 5.74) is 0.799. The van der Waals surface area contributed by atoms with E-state index in [9.17, 15) is 0 Å². The zero-order chi connectivity index (χ0) is 16.2. The molecule has 8 heteroatoms. The number of allylic oxidation sites excluding steroid dienone is 1. The summed E-state index contributed by atoms with van der Waals surface area (Å²) in [7, 11) is 0. The lowest BCUT2D eigenvalue weighted by Gasteiger charge is -2.09. The Morgan fingerprint density at radius 3 is 2.83 bits per heavy atom. The normalized spacial score (nSPS) is 12.3. The molecule has 0 aliphatic carbocycles. The van der Waals surface area contributed by atoms with Gasteiger partial charge in [0.2, 0.25) is 0 Å². The minimum atomic E-state index is 0.158. The highest BCUT2D eigenvalue weighted by Gasteiger charge is 2.19. The van der Waals surface area contributed by atoms with Crippen molar-refractivity contribution >= 4 is 23.1 Å². The Balaban J connectivity index is 1.90. The Bertz CT molecular complexity index is 795. The number of hydrogen-bond donors (Lipinski definition) is 0. The number of aromatic nitrogens is 6. The van der Waals surface area contributed by atoms with Gasteiger partial charge in [-0.3, -0.25) is 9.55 Å². The van der Waals surface area contributed by atoms with Crippen LogP contribution in [0.5, 0.6) is 0 Å². The van der Waals surface area contributed by atoms with Crippen molar-refractivity contribution in [2.75, 3.05) is 0 Å². The van der Waals surface area contributed by atoms with Crippen LogP contribution in [0.1, 0.15) is 22.2 Å². The number of rotatable bonds is 6. The van der Waals surface area contributed by atoms with Crippen molar-refractivity contribution < 1.29 is 0 Å². The zero-order valence-corrected chi connectivity index (χ0v) is 14.5. The smallest absolute Gasteiger partial charge is 0.192 e. The van der Waals surface area contributed by atoms with Gasteiger partial charge in [-0.1, -0.05) is 23.9 Å². The molecule has 0 bridgehead atoms. The van der Waals surface area contributed by atoms with E-state index in [0.29, 0.717) is 6.54 Å². The molecule has 3 aromatic heterocycles. The molecule has 0 fully saturated rings. The van der Waals surface area contributed by atoms with Gasteiger partial charge >= 0.3 is 0 Å². The molecular weight excluding hydrogens is 328 g/mol. The first-order chi connectivity index (χ1) is 11.2. The molecule has 1 atom stereocenters. The second kappa shape index (κ2) is 7.01. The van der Waals surface area contributed by atoms with E-state index >= 15 is 0 Å². The number of aryl methyl sites for hydroxylation is 1. The molecule has 0 aliphatic rings. The van der Waals surface area contributed by atoms with Crippen molar-refractivity contribution in [3.05, 3.63) is 47.1 Å². The molecule has 0 aliphatic heterocycles. The predicted octanol–water partition coefficient (Wildman–Crippen LogP) is 3.54. The number of thioether (sulfide) groups is 1. The predicted molar refractivity (Wildman–Crippen MR) is 92.4 cm³/mol. The first kappa shape index (κ1) is 15.8. The van der Waals surface area contributed by atoms with Crippen LogP contribution in [0, 0.1) is 6.92 Å². The molecule has 0 radical (unpaired) electrons. The SMILES string of the molecule is C=CCn1c(S[C@H](C)c2nnc(C)s2)nnc1-c1ccccn1. The monoisotopic (exact) mass is 344 g/mol. The average Bonchev–Trinajstić information content (AvgIpc) is 3.16. The first-order valence-electron chi connectivity index (χ1n) is 7.11. The van der Waals surface area contributed by atoms with Crippen LogP contribution in [0.15, 0.2) is 42.2 Å². The summed E-state index contributed by atoms with van der Waals surface area (Å²) in [6, 6.07) is 5.75. The quantitative estimate of drug-likeness (QED) is 0.503. The van der Waals surface area contributed by atoms with E-state index < -0.39 is 0 Å². The van der Waals surface area contributed by atoms with Crippen LogP contribution in [0.25, 0.3) is 11.5 Å². The number of nitrogens with zero attached hydrogens (tertiary/aromatic N) is 6. The Morgan fingerprint density at radius 2 is 2.17 bits per heavy atom. The zero-order valence-electron chi connectivity index (χ0n) is 12.9. The molecule has 0 unspecified atom stereocenters. The molecule has 3 aromatic rings. The second-order valence-corrected chi connectivity index (χ2v) is 7.36. The van der Waals surface area contributed by atoms with Crippen molar-refractivity contribution in [1.29, 1.82) is 0 Å². The third-order valence-electron chi connectivity index (χ3n) is 3.09.